The van der Waals surface area contributed by atoms with Crippen molar-refractivity contribution >= 4 is 0 Å². The van der Waals surface area contributed by atoms with Gasteiger partial charge in [-0.15, -0.1) is 0 Å². The van der Waals surface area contributed by atoms with Crippen LogP contribution in [0.5, 0.6) is 0 Å². The Kier molecular flexibility index (Phi) is 12.9. The summed E-state index contributed by atoms with van der Waals surface area (Å²) in [5, 5.41) is 87.2. The van der Waals surface area contributed by atoms with Crippen LogP contribution in [0.15, 0.2) is 0 Å². The Morgan fingerprint density at radius 3 is 1.41 bits per heavy atom. The van der Waals surface area contributed by atoms with Crippen LogP contribution in [0.1, 0.15) is 6.92 Å². The first-order valence-corrected chi connectivity index (χ1v) is 11.8. The quantitative estimate of drug-likeness (QED) is 0.141. The maximum absolute atomic E-state index is 10.8. The highest BCUT2D eigenvalue weighted by Gasteiger charge is 2.52. The second-order valence-corrected chi connectivity index (χ2v) is 8.91. The van der Waals surface area contributed by atoms with Crippen molar-refractivity contribution in [3.05, 3.63) is 0 Å². The first kappa shape index (κ1) is 32.5. The lowest BCUT2D eigenvalue weighted by Gasteiger charge is -2.48. The molecule has 0 amide bonds. The molecule has 3 fully saturated rings. The molecule has 0 aromatic heterocycles. The van der Waals surface area contributed by atoms with E-state index in [-0.39, 0.29) is 6.61 Å². The second-order valence-electron chi connectivity index (χ2n) is 8.91. The van der Waals surface area contributed by atoms with Gasteiger partial charge in [0.2, 0.25) is 0 Å². The summed E-state index contributed by atoms with van der Waals surface area (Å²) < 4.78 is 27.4. The zero-order chi connectivity index (χ0) is 28.0. The number of ether oxygens (including phenoxy) is 5. The summed E-state index contributed by atoms with van der Waals surface area (Å²) >= 11 is 0. The van der Waals surface area contributed by atoms with Gasteiger partial charge in [0.1, 0.15) is 54.9 Å². The maximum Gasteiger partial charge on any atom is 0.176 e. The molecule has 0 saturated carbocycles. The van der Waals surface area contributed by atoms with Crippen molar-refractivity contribution in [2.24, 2.45) is 17.2 Å². The van der Waals surface area contributed by atoms with E-state index in [9.17, 15) is 40.9 Å². The number of aliphatic hydroxyl groups excluding tert-OH is 9. The lowest BCUT2D eigenvalue weighted by Crippen LogP contribution is -2.69. The molecule has 0 aliphatic carbocycles. The molecule has 0 radical (unpaired) electrons. The average molecular weight is 548 g/mol. The van der Waals surface area contributed by atoms with Gasteiger partial charge in [-0.05, 0) is 6.92 Å². The van der Waals surface area contributed by atoms with Crippen LogP contribution in [0, 0.1) is 0 Å². The van der Waals surface area contributed by atoms with E-state index in [2.05, 4.69) is 0 Å². The van der Waals surface area contributed by atoms with Crippen LogP contribution in [0.3, 0.4) is 0 Å². The van der Waals surface area contributed by atoms with E-state index < -0.39 is 112 Å². The van der Waals surface area contributed by atoms with Crippen LogP contribution in [0.4, 0.5) is 0 Å². The second kappa shape index (κ2) is 14.6. The summed E-state index contributed by atoms with van der Waals surface area (Å²) in [6.07, 6.45) is -16.8. The molecular formula is C20H41N3O14. The van der Waals surface area contributed by atoms with Crippen molar-refractivity contribution in [1.29, 1.82) is 0 Å². The molecule has 0 bridgehead atoms. The number of hydrogen-bond donors (Lipinski definition) is 12. The Balaban J connectivity index is 0.00000153. The highest BCUT2D eigenvalue weighted by atomic mass is 16.7. The first-order valence-electron chi connectivity index (χ1n) is 11.8. The summed E-state index contributed by atoms with van der Waals surface area (Å²) in [4.78, 5) is 0. The van der Waals surface area contributed by atoms with E-state index >= 15 is 0 Å². The van der Waals surface area contributed by atoms with E-state index in [0.717, 1.165) is 0 Å². The molecule has 3 aliphatic rings. The lowest BCUT2D eigenvalue weighted by atomic mass is 9.94. The van der Waals surface area contributed by atoms with Gasteiger partial charge in [-0.25, -0.2) is 0 Å². The van der Waals surface area contributed by atoms with Crippen molar-refractivity contribution < 1.29 is 69.6 Å². The lowest BCUT2D eigenvalue weighted by molar-refractivity contribution is -0.348. The van der Waals surface area contributed by atoms with Crippen LogP contribution in [0.2, 0.25) is 0 Å². The average Bonchev–Trinajstić information content (AvgIpc) is 2.88. The van der Waals surface area contributed by atoms with Crippen LogP contribution < -0.4 is 17.2 Å². The Bertz CT molecular complexity index is 664. The maximum atomic E-state index is 10.8. The summed E-state index contributed by atoms with van der Waals surface area (Å²) in [7, 11) is 0. The predicted octanol–water partition coefficient (Wildman–Crippen LogP) is -7.68. The molecule has 17 heteroatoms. The standard InChI is InChI=1S/C18H35N3O13.C2H6O/c19-7-12(27)14(5(2-23)30-16(7)29)33-18-9(21)13(28)15(6(3-24)32-18)34-17-8(20)11(26)10(25)4(1-22)31-17;1-2-3/h4-18,22-29H,1-3,19-21H2;3H,2H2,1H3/t4-,5-,6-,7-,8-,9-,10-,11-,12-,13-,14?,15?,16-,17+,18+;/m1./s1. The normalized spacial score (nSPS) is 48.7. The van der Waals surface area contributed by atoms with Crippen molar-refractivity contribution in [1.82, 2.24) is 0 Å². The molecule has 0 aromatic rings. The summed E-state index contributed by atoms with van der Waals surface area (Å²) in [5.41, 5.74) is 17.6. The third-order valence-electron chi connectivity index (χ3n) is 6.33. The molecule has 15 N–H and O–H groups in total. The van der Waals surface area contributed by atoms with Crippen molar-refractivity contribution in [3.63, 3.8) is 0 Å². The van der Waals surface area contributed by atoms with Crippen molar-refractivity contribution in [3.8, 4) is 0 Å². The van der Waals surface area contributed by atoms with Gasteiger partial charge in [0.15, 0.2) is 18.9 Å². The summed E-state index contributed by atoms with van der Waals surface area (Å²) in [6.45, 7) is -0.0689. The van der Waals surface area contributed by atoms with E-state index in [1.54, 1.807) is 6.92 Å². The van der Waals surface area contributed by atoms with Crippen LogP contribution in [0.25, 0.3) is 0 Å². The third kappa shape index (κ3) is 7.29. The number of hydrogen-bond acceptors (Lipinski definition) is 17. The number of rotatable bonds is 7. The number of aliphatic hydroxyl groups is 9. The highest BCUT2D eigenvalue weighted by molar-refractivity contribution is 4.98. The van der Waals surface area contributed by atoms with Gasteiger partial charge in [-0.1, -0.05) is 0 Å². The van der Waals surface area contributed by atoms with Crippen LogP contribution in [-0.4, -0.2) is 164 Å². The Morgan fingerprint density at radius 2 is 0.946 bits per heavy atom. The SMILES string of the molecule is CCO.N[C@H]1[C@H](OC2[C@@H](CO)O[C@@H](OC3[C@@H](CO)O[C@@H](O)[C@H](N)[C@H]3O)[C@H](N)[C@H]2O)O[C@H](CO)[C@@H](O)[C@@H]1O. The molecule has 3 aliphatic heterocycles. The zero-order valence-electron chi connectivity index (χ0n) is 20.3. The molecule has 3 rings (SSSR count). The monoisotopic (exact) mass is 547 g/mol. The van der Waals surface area contributed by atoms with Crippen LogP contribution >= 0.6 is 0 Å². The van der Waals surface area contributed by atoms with E-state index in [4.69, 9.17) is 46.0 Å². The Labute approximate surface area is 212 Å². The van der Waals surface area contributed by atoms with Gasteiger partial charge in [0.05, 0.1) is 37.9 Å². The summed E-state index contributed by atoms with van der Waals surface area (Å²) in [5.74, 6) is 0. The Hall–Kier alpha value is -0.680. The van der Waals surface area contributed by atoms with Gasteiger partial charge in [-0.3, -0.25) is 0 Å². The smallest absolute Gasteiger partial charge is 0.176 e. The molecule has 3 heterocycles. The molecule has 37 heavy (non-hydrogen) atoms. The number of nitrogens with two attached hydrogens (primary N) is 3. The molecule has 15 atom stereocenters. The third-order valence-corrected chi connectivity index (χ3v) is 6.33. The Morgan fingerprint density at radius 1 is 0.568 bits per heavy atom. The van der Waals surface area contributed by atoms with E-state index in [1.165, 1.54) is 0 Å². The van der Waals surface area contributed by atoms with Gasteiger partial charge in [-0.2, -0.15) is 0 Å². The molecule has 220 valence electrons. The van der Waals surface area contributed by atoms with Gasteiger partial charge in [0.25, 0.3) is 0 Å². The molecular weight excluding hydrogens is 506 g/mol. The first-order chi connectivity index (χ1) is 17.5. The van der Waals surface area contributed by atoms with Gasteiger partial charge < -0.3 is 86.8 Å². The largest absolute Gasteiger partial charge is 0.397 e. The van der Waals surface area contributed by atoms with E-state index in [1.807, 2.05) is 0 Å². The van der Waals surface area contributed by atoms with E-state index in [0.29, 0.717) is 0 Å². The van der Waals surface area contributed by atoms with Crippen LogP contribution in [-0.2, 0) is 23.7 Å². The zero-order valence-corrected chi connectivity index (χ0v) is 20.3. The predicted molar refractivity (Wildman–Crippen MR) is 120 cm³/mol. The molecule has 0 spiro atoms. The van der Waals surface area contributed by atoms with Crippen molar-refractivity contribution in [2.75, 3.05) is 26.4 Å². The highest BCUT2D eigenvalue weighted by Crippen LogP contribution is 2.31. The minimum absolute atomic E-state index is 0.250. The molecule has 2 unspecified atom stereocenters. The molecule has 17 nitrogen and oxygen atoms in total. The topological polar surface area (TPSA) is 306 Å². The fourth-order valence-electron chi connectivity index (χ4n) is 4.18. The summed E-state index contributed by atoms with van der Waals surface area (Å²) in [6, 6.07) is -3.87. The minimum Gasteiger partial charge on any atom is -0.397 e. The minimum atomic E-state index is -1.56. The fourth-order valence-corrected chi connectivity index (χ4v) is 4.18. The van der Waals surface area contributed by atoms with Gasteiger partial charge >= 0.3 is 0 Å². The molecule has 0 aromatic carbocycles. The van der Waals surface area contributed by atoms with Gasteiger partial charge in [0, 0.05) is 6.61 Å². The van der Waals surface area contributed by atoms with Crippen molar-refractivity contribution in [2.45, 2.75) is 98.9 Å². The molecule has 3 saturated heterocycles. The fraction of sp³-hybridized carbons (Fsp3) is 1.00.